The van der Waals surface area contributed by atoms with Gasteiger partial charge >= 0.3 is 0 Å². The molecule has 1 aromatic rings. The second-order valence-electron chi connectivity index (χ2n) is 5.73. The first-order valence-corrected chi connectivity index (χ1v) is 6.10. The Morgan fingerprint density at radius 1 is 1.41 bits per heavy atom. The van der Waals surface area contributed by atoms with Crippen molar-refractivity contribution < 1.29 is 0 Å². The standard InChI is InChI=1S/C13H20N4/c1-13(2,3)6-8-17-10-12(15-16-17)11-5-4-7-14-9-11/h4-5,7,9,12H,6,8,10H2,1-3H3. The lowest BCUT2D eigenvalue weighted by atomic mass is 9.92. The lowest BCUT2D eigenvalue weighted by Gasteiger charge is -2.21. The minimum atomic E-state index is 0.156. The molecule has 0 bridgehead atoms. The summed E-state index contributed by atoms with van der Waals surface area (Å²) in [5, 5.41) is 10.6. The Labute approximate surface area is 103 Å². The van der Waals surface area contributed by atoms with Crippen LogP contribution in [-0.4, -0.2) is 23.1 Å². The lowest BCUT2D eigenvalue weighted by Crippen LogP contribution is -2.22. The second kappa shape index (κ2) is 4.82. The predicted molar refractivity (Wildman–Crippen MR) is 67.5 cm³/mol. The molecule has 2 heterocycles. The van der Waals surface area contributed by atoms with Gasteiger partial charge < -0.3 is 0 Å². The summed E-state index contributed by atoms with van der Waals surface area (Å²) in [6, 6.07) is 4.16. The fraction of sp³-hybridized carbons (Fsp3) is 0.615. The van der Waals surface area contributed by atoms with Crippen LogP contribution in [0.1, 0.15) is 38.8 Å². The van der Waals surface area contributed by atoms with Gasteiger partial charge in [0.2, 0.25) is 0 Å². The normalized spacial score (nSPS) is 19.9. The Hall–Kier alpha value is -1.45. The van der Waals surface area contributed by atoms with E-state index in [4.69, 9.17) is 0 Å². The van der Waals surface area contributed by atoms with Gasteiger partial charge in [0.05, 0.1) is 6.54 Å². The van der Waals surface area contributed by atoms with Crippen LogP contribution in [0.3, 0.4) is 0 Å². The Morgan fingerprint density at radius 3 is 2.88 bits per heavy atom. The molecule has 0 radical (unpaired) electrons. The van der Waals surface area contributed by atoms with Crippen molar-refractivity contribution in [2.45, 2.75) is 33.2 Å². The summed E-state index contributed by atoms with van der Waals surface area (Å²) in [4.78, 5) is 4.12. The minimum absolute atomic E-state index is 0.156. The molecule has 0 fully saturated rings. The number of rotatable bonds is 3. The lowest BCUT2D eigenvalue weighted by molar-refractivity contribution is 0.248. The molecule has 17 heavy (non-hydrogen) atoms. The number of hydrogen-bond donors (Lipinski definition) is 0. The van der Waals surface area contributed by atoms with E-state index in [0.29, 0.717) is 5.41 Å². The molecule has 0 N–H and O–H groups in total. The zero-order valence-electron chi connectivity index (χ0n) is 10.8. The molecular formula is C13H20N4. The highest BCUT2D eigenvalue weighted by molar-refractivity contribution is 5.14. The SMILES string of the molecule is CC(C)(C)CCN1CC(c2cccnc2)N=N1. The Kier molecular flexibility index (Phi) is 3.41. The summed E-state index contributed by atoms with van der Waals surface area (Å²) in [6.07, 6.45) is 4.79. The van der Waals surface area contributed by atoms with Gasteiger partial charge in [-0.05, 0) is 23.5 Å². The molecule has 1 unspecified atom stereocenters. The van der Waals surface area contributed by atoms with Crippen molar-refractivity contribution in [3.05, 3.63) is 30.1 Å². The predicted octanol–water partition coefficient (Wildman–Crippen LogP) is 3.24. The highest BCUT2D eigenvalue weighted by Crippen LogP contribution is 2.26. The Balaban J connectivity index is 1.87. The molecule has 92 valence electrons. The monoisotopic (exact) mass is 232 g/mol. The summed E-state index contributed by atoms with van der Waals surface area (Å²) in [5.74, 6) is 0. The molecule has 0 amide bonds. The van der Waals surface area contributed by atoms with Gasteiger partial charge in [-0.3, -0.25) is 9.99 Å². The Bertz CT molecular complexity index is 380. The number of nitrogens with zero attached hydrogens (tertiary/aromatic N) is 4. The van der Waals surface area contributed by atoms with Crippen molar-refractivity contribution in [1.29, 1.82) is 0 Å². The summed E-state index contributed by atoms with van der Waals surface area (Å²) < 4.78 is 0. The van der Waals surface area contributed by atoms with Crippen LogP contribution in [0.25, 0.3) is 0 Å². The van der Waals surface area contributed by atoms with Crippen molar-refractivity contribution in [3.63, 3.8) is 0 Å². The van der Waals surface area contributed by atoms with Gasteiger partial charge in [-0.15, -0.1) is 0 Å². The highest BCUT2D eigenvalue weighted by Gasteiger charge is 2.22. The molecular weight excluding hydrogens is 212 g/mol. The van der Waals surface area contributed by atoms with E-state index in [-0.39, 0.29) is 6.04 Å². The zero-order chi connectivity index (χ0) is 12.3. The number of hydrogen-bond acceptors (Lipinski definition) is 4. The average molecular weight is 232 g/mol. The summed E-state index contributed by atoms with van der Waals surface area (Å²) in [6.45, 7) is 8.60. The van der Waals surface area contributed by atoms with Crippen molar-refractivity contribution in [2.75, 3.05) is 13.1 Å². The fourth-order valence-electron chi connectivity index (χ4n) is 1.75. The van der Waals surface area contributed by atoms with Crippen molar-refractivity contribution in [2.24, 2.45) is 15.8 Å². The molecule has 4 nitrogen and oxygen atoms in total. The molecule has 1 aliphatic rings. The van der Waals surface area contributed by atoms with Crippen LogP contribution in [0.15, 0.2) is 34.9 Å². The molecule has 1 aliphatic heterocycles. The van der Waals surface area contributed by atoms with E-state index in [1.807, 2.05) is 12.3 Å². The van der Waals surface area contributed by atoms with E-state index in [2.05, 4.69) is 47.2 Å². The summed E-state index contributed by atoms with van der Waals surface area (Å²) in [7, 11) is 0. The third kappa shape index (κ3) is 3.51. The smallest absolute Gasteiger partial charge is 0.119 e. The molecule has 2 rings (SSSR count). The van der Waals surface area contributed by atoms with E-state index < -0.39 is 0 Å². The fourth-order valence-corrected chi connectivity index (χ4v) is 1.75. The van der Waals surface area contributed by atoms with E-state index in [1.165, 1.54) is 0 Å². The Morgan fingerprint density at radius 2 is 2.24 bits per heavy atom. The van der Waals surface area contributed by atoms with Crippen LogP contribution in [0.5, 0.6) is 0 Å². The third-order valence-corrected chi connectivity index (χ3v) is 2.89. The maximum Gasteiger partial charge on any atom is 0.119 e. The molecule has 1 atom stereocenters. The molecule has 1 aromatic heterocycles. The largest absolute Gasteiger partial charge is 0.276 e. The van der Waals surface area contributed by atoms with E-state index in [1.54, 1.807) is 6.20 Å². The van der Waals surface area contributed by atoms with Gasteiger partial charge in [-0.25, -0.2) is 0 Å². The topological polar surface area (TPSA) is 40.9 Å². The van der Waals surface area contributed by atoms with E-state index in [9.17, 15) is 0 Å². The number of aromatic nitrogens is 1. The number of pyridine rings is 1. The maximum atomic E-state index is 4.30. The van der Waals surface area contributed by atoms with Crippen LogP contribution >= 0.6 is 0 Å². The van der Waals surface area contributed by atoms with Crippen LogP contribution in [0.2, 0.25) is 0 Å². The van der Waals surface area contributed by atoms with Crippen LogP contribution in [0.4, 0.5) is 0 Å². The summed E-state index contributed by atoms with van der Waals surface area (Å²) >= 11 is 0. The first-order valence-electron chi connectivity index (χ1n) is 6.10. The summed E-state index contributed by atoms with van der Waals surface area (Å²) in [5.41, 5.74) is 1.50. The van der Waals surface area contributed by atoms with Gasteiger partial charge in [-0.1, -0.05) is 32.1 Å². The van der Waals surface area contributed by atoms with Gasteiger partial charge in [0.15, 0.2) is 0 Å². The second-order valence-corrected chi connectivity index (χ2v) is 5.73. The molecule has 0 saturated carbocycles. The molecule has 0 aliphatic carbocycles. The average Bonchev–Trinajstić information content (AvgIpc) is 2.75. The van der Waals surface area contributed by atoms with Gasteiger partial charge in [-0.2, -0.15) is 5.11 Å². The molecule has 0 aromatic carbocycles. The van der Waals surface area contributed by atoms with Crippen LogP contribution < -0.4 is 0 Å². The first kappa shape index (κ1) is 12.0. The van der Waals surface area contributed by atoms with Crippen LogP contribution in [-0.2, 0) is 0 Å². The van der Waals surface area contributed by atoms with Gasteiger partial charge in [0.25, 0.3) is 0 Å². The van der Waals surface area contributed by atoms with Crippen molar-refractivity contribution in [1.82, 2.24) is 9.99 Å². The van der Waals surface area contributed by atoms with Crippen molar-refractivity contribution >= 4 is 0 Å². The molecule has 4 heteroatoms. The highest BCUT2D eigenvalue weighted by atomic mass is 15.6. The quantitative estimate of drug-likeness (QED) is 0.802. The van der Waals surface area contributed by atoms with E-state index in [0.717, 1.165) is 25.1 Å². The maximum absolute atomic E-state index is 4.30. The van der Waals surface area contributed by atoms with E-state index >= 15 is 0 Å². The third-order valence-electron chi connectivity index (χ3n) is 2.89. The zero-order valence-corrected chi connectivity index (χ0v) is 10.8. The molecule has 0 spiro atoms. The first-order chi connectivity index (χ1) is 8.04. The van der Waals surface area contributed by atoms with Crippen LogP contribution in [0, 0.1) is 5.41 Å². The minimum Gasteiger partial charge on any atom is -0.276 e. The van der Waals surface area contributed by atoms with Gasteiger partial charge in [0, 0.05) is 18.9 Å². The van der Waals surface area contributed by atoms with Crippen molar-refractivity contribution in [3.8, 4) is 0 Å². The van der Waals surface area contributed by atoms with Gasteiger partial charge in [0.1, 0.15) is 6.04 Å². The molecule has 0 saturated heterocycles.